The van der Waals surface area contributed by atoms with Gasteiger partial charge in [0, 0.05) is 17.6 Å². The molecule has 0 saturated carbocycles. The van der Waals surface area contributed by atoms with Gasteiger partial charge >= 0.3 is 5.97 Å². The third kappa shape index (κ3) is 7.60. The van der Waals surface area contributed by atoms with Crippen molar-refractivity contribution in [2.24, 2.45) is 0 Å². The van der Waals surface area contributed by atoms with E-state index in [1.807, 2.05) is 62.4 Å². The van der Waals surface area contributed by atoms with E-state index in [9.17, 15) is 15.0 Å². The summed E-state index contributed by atoms with van der Waals surface area (Å²) >= 11 is 0. The van der Waals surface area contributed by atoms with E-state index in [1.165, 1.54) is 0 Å². The molecule has 0 heterocycles. The van der Waals surface area contributed by atoms with E-state index in [0.29, 0.717) is 18.5 Å². The van der Waals surface area contributed by atoms with Crippen LogP contribution in [0, 0.1) is 13.8 Å². The number of carboxylic acid groups (broad SMARTS) is 1. The van der Waals surface area contributed by atoms with E-state index in [-0.39, 0.29) is 17.7 Å². The maximum absolute atomic E-state index is 11.8. The van der Waals surface area contributed by atoms with Gasteiger partial charge in [-0.25, -0.2) is 4.79 Å². The molecule has 2 atom stereocenters. The highest BCUT2D eigenvalue weighted by atomic mass is 16.5. The fourth-order valence-corrected chi connectivity index (χ4v) is 4.96. The molecule has 1 unspecified atom stereocenters. The number of carboxylic acids is 1. The second-order valence-corrected chi connectivity index (χ2v) is 10.6. The molecule has 0 aromatic heterocycles. The lowest BCUT2D eigenvalue weighted by Crippen LogP contribution is -2.46. The number of aliphatic hydroxyl groups is 1. The Morgan fingerprint density at radius 3 is 2.15 bits per heavy atom. The minimum Gasteiger partial charge on any atom is -0.496 e. The van der Waals surface area contributed by atoms with Crippen LogP contribution in [0.4, 0.5) is 0 Å². The van der Waals surface area contributed by atoms with Gasteiger partial charge in [0.2, 0.25) is 0 Å². The summed E-state index contributed by atoms with van der Waals surface area (Å²) in [5, 5.41) is 23.9. The summed E-state index contributed by atoms with van der Waals surface area (Å²) in [5.41, 5.74) is 5.32. The molecule has 3 aromatic rings. The lowest BCUT2D eigenvalue weighted by atomic mass is 9.90. The van der Waals surface area contributed by atoms with E-state index in [1.54, 1.807) is 27.2 Å². The van der Waals surface area contributed by atoms with Crippen LogP contribution in [0.3, 0.4) is 0 Å². The first-order valence-corrected chi connectivity index (χ1v) is 13.2. The summed E-state index contributed by atoms with van der Waals surface area (Å²) in [6, 6.07) is 17.3. The maximum Gasteiger partial charge on any atom is 0.335 e. The molecule has 210 valence electrons. The summed E-state index contributed by atoms with van der Waals surface area (Å²) in [6.45, 7) is 10.2. The minimum atomic E-state index is -0.976. The van der Waals surface area contributed by atoms with Crippen molar-refractivity contribution in [1.82, 2.24) is 5.32 Å². The van der Waals surface area contributed by atoms with E-state index >= 15 is 0 Å². The summed E-state index contributed by atoms with van der Waals surface area (Å²) in [7, 11) is 3.29. The molecule has 0 bridgehead atoms. The molecule has 39 heavy (non-hydrogen) atoms. The quantitative estimate of drug-likeness (QED) is 0.257. The van der Waals surface area contributed by atoms with Gasteiger partial charge in [-0.3, -0.25) is 0 Å². The summed E-state index contributed by atoms with van der Waals surface area (Å²) in [5.74, 6) is 0.579. The first-order chi connectivity index (χ1) is 18.5. The van der Waals surface area contributed by atoms with Crippen LogP contribution in [0.5, 0.6) is 11.5 Å². The van der Waals surface area contributed by atoms with Gasteiger partial charge in [0.25, 0.3) is 0 Å². The number of benzene rings is 3. The standard InChI is InChI=1S/C32H41NO6/c1-20-26(31(35)36)13-14-27(24-11-9-8-10-12-24)30(20)22(3)39-19-25(34)18-33-32(4,5)17-23-15-28(37-6)21(2)29(16-23)38-7/h8-16,22,25,33-34H,17-19H2,1-7H3,(H,35,36)/t22?,25-/m1/s1. The molecule has 3 aromatic carbocycles. The summed E-state index contributed by atoms with van der Waals surface area (Å²) in [4.78, 5) is 11.8. The van der Waals surface area contributed by atoms with Crippen LogP contribution >= 0.6 is 0 Å². The Kier molecular flexibility index (Phi) is 10.1. The van der Waals surface area contributed by atoms with Gasteiger partial charge in [0.05, 0.1) is 38.6 Å². The van der Waals surface area contributed by atoms with Gasteiger partial charge in [0.1, 0.15) is 11.5 Å². The molecule has 0 amide bonds. The van der Waals surface area contributed by atoms with E-state index in [2.05, 4.69) is 19.2 Å². The van der Waals surface area contributed by atoms with Crippen molar-refractivity contribution in [1.29, 1.82) is 0 Å². The number of hydrogen-bond acceptors (Lipinski definition) is 6. The van der Waals surface area contributed by atoms with Crippen molar-refractivity contribution < 1.29 is 29.2 Å². The second kappa shape index (κ2) is 13.1. The monoisotopic (exact) mass is 535 g/mol. The smallest absolute Gasteiger partial charge is 0.335 e. The van der Waals surface area contributed by atoms with Crippen LogP contribution in [0.2, 0.25) is 0 Å². The maximum atomic E-state index is 11.8. The Labute approximate surface area is 231 Å². The Morgan fingerprint density at radius 1 is 0.974 bits per heavy atom. The van der Waals surface area contributed by atoms with Gasteiger partial charge in [-0.2, -0.15) is 0 Å². The molecule has 0 spiro atoms. The molecule has 7 heteroatoms. The van der Waals surface area contributed by atoms with Crippen LogP contribution < -0.4 is 14.8 Å². The number of β-amino-alcohol motifs (C(OH)–C–C–N with tert-alkyl or cyclic N) is 1. The zero-order chi connectivity index (χ0) is 28.7. The predicted octanol–water partition coefficient (Wildman–Crippen LogP) is 5.74. The highest BCUT2D eigenvalue weighted by Gasteiger charge is 2.23. The molecule has 0 fully saturated rings. The summed E-state index contributed by atoms with van der Waals surface area (Å²) < 4.78 is 17.1. The molecule has 0 aliphatic heterocycles. The zero-order valence-electron chi connectivity index (χ0n) is 24.0. The zero-order valence-corrected chi connectivity index (χ0v) is 24.0. The Bertz CT molecular complexity index is 1250. The minimum absolute atomic E-state index is 0.0986. The average molecular weight is 536 g/mol. The molecule has 0 radical (unpaired) electrons. The molecular weight excluding hydrogens is 494 g/mol. The molecule has 3 N–H and O–H groups in total. The van der Waals surface area contributed by atoms with Crippen molar-refractivity contribution in [2.45, 2.75) is 58.8 Å². The SMILES string of the molecule is COc1cc(CC(C)(C)NC[C@@H](O)COC(C)c2c(-c3ccccc3)ccc(C(=O)O)c2C)cc(OC)c1C. The number of methoxy groups -OCH3 is 2. The van der Waals surface area contributed by atoms with E-state index in [0.717, 1.165) is 39.3 Å². The van der Waals surface area contributed by atoms with Crippen LogP contribution in [0.1, 0.15) is 59.5 Å². The highest BCUT2D eigenvalue weighted by Crippen LogP contribution is 2.35. The van der Waals surface area contributed by atoms with Crippen LogP contribution in [0.15, 0.2) is 54.6 Å². The molecule has 0 saturated heterocycles. The van der Waals surface area contributed by atoms with Crippen LogP contribution in [-0.2, 0) is 11.2 Å². The van der Waals surface area contributed by atoms with Gasteiger partial charge in [-0.15, -0.1) is 0 Å². The average Bonchev–Trinajstić information content (AvgIpc) is 2.91. The molecule has 0 aliphatic carbocycles. The molecule has 0 aliphatic rings. The fourth-order valence-electron chi connectivity index (χ4n) is 4.96. The number of aliphatic hydroxyl groups excluding tert-OH is 1. The lowest BCUT2D eigenvalue weighted by molar-refractivity contribution is -0.00423. The molecule has 3 rings (SSSR count). The Morgan fingerprint density at radius 2 is 1.59 bits per heavy atom. The fraction of sp³-hybridized carbons (Fsp3) is 0.406. The lowest BCUT2D eigenvalue weighted by Gasteiger charge is -2.29. The van der Waals surface area contributed by atoms with E-state index in [4.69, 9.17) is 14.2 Å². The number of carbonyl (C=O) groups is 1. The number of rotatable bonds is 13. The highest BCUT2D eigenvalue weighted by molar-refractivity contribution is 5.91. The number of hydrogen-bond donors (Lipinski definition) is 3. The van der Waals surface area contributed by atoms with Gasteiger partial charge < -0.3 is 29.7 Å². The largest absolute Gasteiger partial charge is 0.496 e. The molecule has 7 nitrogen and oxygen atoms in total. The number of ether oxygens (including phenoxy) is 3. The Hall–Kier alpha value is -3.39. The summed E-state index contributed by atoms with van der Waals surface area (Å²) in [6.07, 6.45) is -0.474. The molecular formula is C32H41NO6. The van der Waals surface area contributed by atoms with Crippen molar-refractivity contribution in [2.75, 3.05) is 27.4 Å². The topological polar surface area (TPSA) is 97.2 Å². The number of nitrogens with one attached hydrogen (secondary N) is 1. The van der Waals surface area contributed by atoms with Crippen LogP contribution in [0.25, 0.3) is 11.1 Å². The van der Waals surface area contributed by atoms with Crippen LogP contribution in [-0.4, -0.2) is 55.2 Å². The first kappa shape index (κ1) is 30.2. The van der Waals surface area contributed by atoms with Gasteiger partial charge in [-0.1, -0.05) is 36.4 Å². The van der Waals surface area contributed by atoms with E-state index < -0.39 is 18.2 Å². The first-order valence-electron chi connectivity index (χ1n) is 13.2. The van der Waals surface area contributed by atoms with Gasteiger partial charge in [0.15, 0.2) is 0 Å². The van der Waals surface area contributed by atoms with Crippen molar-refractivity contribution in [3.8, 4) is 22.6 Å². The normalized spacial score (nSPS) is 13.1. The Balaban J connectivity index is 1.67. The third-order valence-electron chi connectivity index (χ3n) is 7.05. The van der Waals surface area contributed by atoms with Gasteiger partial charge in [-0.05, 0) is 87.1 Å². The van der Waals surface area contributed by atoms with Crippen molar-refractivity contribution in [3.05, 3.63) is 82.4 Å². The third-order valence-corrected chi connectivity index (χ3v) is 7.05. The number of aromatic carboxylic acids is 1. The second-order valence-electron chi connectivity index (χ2n) is 10.6. The van der Waals surface area contributed by atoms with Crippen molar-refractivity contribution >= 4 is 5.97 Å². The van der Waals surface area contributed by atoms with Crippen molar-refractivity contribution in [3.63, 3.8) is 0 Å². The predicted molar refractivity (Wildman–Crippen MR) is 154 cm³/mol.